The summed E-state index contributed by atoms with van der Waals surface area (Å²) in [5, 5.41) is 12.3. The van der Waals surface area contributed by atoms with Crippen LogP contribution in [-0.4, -0.2) is 28.4 Å². The fraction of sp³-hybridized carbons (Fsp3) is 0.188. The lowest BCUT2D eigenvalue weighted by Gasteiger charge is -2.30. The van der Waals surface area contributed by atoms with Crippen LogP contribution in [0.2, 0.25) is 0 Å². The zero-order valence-corrected chi connectivity index (χ0v) is 12.8. The lowest BCUT2D eigenvalue weighted by Crippen LogP contribution is -2.35. The number of carbonyl (C=O) groups excluding carboxylic acids is 1. The van der Waals surface area contributed by atoms with E-state index in [9.17, 15) is 10.2 Å². The number of nitrogens with one attached hydrogen (secondary N) is 1. The average Bonchev–Trinajstić information content (AvgIpc) is 2.52. The van der Waals surface area contributed by atoms with Gasteiger partial charge in [0.05, 0.1) is 11.5 Å². The molecule has 0 aliphatic carbocycles. The first-order valence-electron chi connectivity index (χ1n) is 6.57. The third-order valence-electron chi connectivity index (χ3n) is 3.22. The van der Waals surface area contributed by atoms with Gasteiger partial charge in [-0.2, -0.15) is 0 Å². The molecule has 0 fully saturated rings. The third kappa shape index (κ3) is 3.03. The van der Waals surface area contributed by atoms with Gasteiger partial charge >= 0.3 is 5.97 Å². The van der Waals surface area contributed by atoms with Gasteiger partial charge in [-0.15, -0.1) is 0 Å². The minimum Gasteiger partial charge on any atom is -0.763 e. The molecule has 0 saturated carbocycles. The van der Waals surface area contributed by atoms with Gasteiger partial charge in [-0.3, -0.25) is 10.9 Å². The molecule has 0 aromatic carbocycles. The maximum Gasteiger partial charge on any atom is 0.337 e. The number of carbonyl (C=O) groups is 1. The summed E-state index contributed by atoms with van der Waals surface area (Å²) in [4.78, 5) is 16.7. The van der Waals surface area contributed by atoms with Gasteiger partial charge in [0.1, 0.15) is 11.6 Å². The molecule has 112 valence electrons. The lowest BCUT2D eigenvalue weighted by atomic mass is 9.82. The molecule has 1 aliphatic heterocycles. The Labute approximate surface area is 133 Å². The summed E-state index contributed by atoms with van der Waals surface area (Å²) >= 11 is 5.21. The maximum absolute atomic E-state index is 12.4. The summed E-state index contributed by atoms with van der Waals surface area (Å²) < 4.78 is 5.14. The van der Waals surface area contributed by atoms with E-state index in [2.05, 4.69) is 22.7 Å². The highest BCUT2D eigenvalue weighted by Gasteiger charge is 2.34. The van der Waals surface area contributed by atoms with Gasteiger partial charge in [0.15, 0.2) is 0 Å². The van der Waals surface area contributed by atoms with Crippen molar-refractivity contribution >= 4 is 29.0 Å². The van der Waals surface area contributed by atoms with Crippen molar-refractivity contribution in [2.45, 2.75) is 12.8 Å². The number of rotatable bonds is 4. The first kappa shape index (κ1) is 15.8. The Bertz CT molecular complexity index is 703. The Morgan fingerprint density at radius 3 is 3.05 bits per heavy atom. The quantitative estimate of drug-likeness (QED) is 0.303. The molecule has 1 aliphatic rings. The summed E-state index contributed by atoms with van der Waals surface area (Å²) in [7, 11) is 0. The molecule has 1 unspecified atom stereocenters. The number of hydrogen-bond donors (Lipinski definition) is 1. The van der Waals surface area contributed by atoms with Crippen molar-refractivity contribution in [2.75, 3.05) is 6.61 Å². The number of aromatic nitrogens is 1. The molecule has 0 spiro atoms. The van der Waals surface area contributed by atoms with E-state index in [0.717, 1.165) is 0 Å². The summed E-state index contributed by atoms with van der Waals surface area (Å²) in [6.07, 6.45) is 4.73. The molecule has 0 saturated heterocycles. The van der Waals surface area contributed by atoms with Crippen LogP contribution >= 0.6 is 12.2 Å². The van der Waals surface area contributed by atoms with Crippen molar-refractivity contribution in [3.05, 3.63) is 65.0 Å². The summed E-state index contributed by atoms with van der Waals surface area (Å²) in [6, 6.07) is 3.55. The summed E-state index contributed by atoms with van der Waals surface area (Å²) in [6.45, 7) is 5.35. The van der Waals surface area contributed by atoms with Crippen molar-refractivity contribution in [1.29, 1.82) is 0 Å². The van der Waals surface area contributed by atoms with Crippen molar-refractivity contribution < 1.29 is 9.53 Å². The van der Waals surface area contributed by atoms with E-state index in [1.807, 2.05) is 0 Å². The van der Waals surface area contributed by atoms with Crippen LogP contribution in [-0.2, 0) is 9.53 Å². The molecule has 6 heteroatoms. The van der Waals surface area contributed by atoms with Crippen LogP contribution in [0.5, 0.6) is 0 Å². The molecule has 0 amide bonds. The van der Waals surface area contributed by atoms with E-state index in [-0.39, 0.29) is 6.61 Å². The van der Waals surface area contributed by atoms with Crippen LogP contribution in [0.15, 0.2) is 54.0 Å². The Morgan fingerprint density at radius 1 is 1.68 bits per heavy atom. The molecule has 1 aromatic rings. The highest BCUT2D eigenvalue weighted by Crippen LogP contribution is 2.36. The van der Waals surface area contributed by atoms with Gasteiger partial charge in [-0.25, -0.2) is 4.79 Å². The Hall–Kier alpha value is -2.56. The number of hydrogen-bond acceptors (Lipinski definition) is 4. The van der Waals surface area contributed by atoms with Crippen molar-refractivity contribution in [3.63, 3.8) is 0 Å². The second-order valence-corrected chi connectivity index (χ2v) is 5.03. The molecule has 1 N–H and O–H groups in total. The van der Waals surface area contributed by atoms with E-state index < -0.39 is 11.9 Å². The zero-order valence-electron chi connectivity index (χ0n) is 12.0. The second-order valence-electron chi connectivity index (χ2n) is 4.62. The fourth-order valence-electron chi connectivity index (χ4n) is 2.28. The predicted molar refractivity (Wildman–Crippen MR) is 88.4 cm³/mol. The molecule has 2 rings (SSSR count). The highest BCUT2D eigenvalue weighted by atomic mass is 32.1. The van der Waals surface area contributed by atoms with Gasteiger partial charge in [-0.1, -0.05) is 30.9 Å². The van der Waals surface area contributed by atoms with Crippen LogP contribution in [0.25, 0.3) is 5.41 Å². The van der Waals surface area contributed by atoms with E-state index in [1.54, 1.807) is 31.5 Å². The molecular weight excluding hydrogens is 298 g/mol. The number of allylic oxidation sites excluding steroid dienone is 1. The van der Waals surface area contributed by atoms with Gasteiger partial charge in [0, 0.05) is 23.7 Å². The molecule has 5 nitrogen and oxygen atoms in total. The van der Waals surface area contributed by atoms with Gasteiger partial charge < -0.3 is 15.5 Å². The standard InChI is InChI=1S/C16H14N3O2S/c1-3-7-21-16(20)13-10(2)19-15(22)12(8-17)14(13)11-5-4-6-18-9-11/h3-6,9,14H,1,7H2,2H3,(H,19,22)/q-1. The first-order chi connectivity index (χ1) is 10.6. The van der Waals surface area contributed by atoms with Crippen molar-refractivity contribution in [1.82, 2.24) is 10.3 Å². The largest absolute Gasteiger partial charge is 0.763 e. The van der Waals surface area contributed by atoms with E-state index >= 15 is 0 Å². The fourth-order valence-corrected chi connectivity index (χ4v) is 2.59. The molecule has 22 heavy (non-hydrogen) atoms. The Balaban J connectivity index is 2.56. The van der Waals surface area contributed by atoms with Crippen molar-refractivity contribution in [2.24, 2.45) is 0 Å². The average molecular weight is 312 g/mol. The predicted octanol–water partition coefficient (Wildman–Crippen LogP) is 2.26. The van der Waals surface area contributed by atoms with Gasteiger partial charge in [0.2, 0.25) is 0 Å². The molecule has 1 atom stereocenters. The van der Waals surface area contributed by atoms with Crippen LogP contribution in [0.4, 0.5) is 0 Å². The van der Waals surface area contributed by atoms with Crippen LogP contribution < -0.4 is 5.32 Å². The zero-order chi connectivity index (χ0) is 16.1. The highest BCUT2D eigenvalue weighted by molar-refractivity contribution is 7.80. The maximum atomic E-state index is 12.4. The minimum atomic E-state index is -0.579. The topological polar surface area (TPSA) is 73.5 Å². The SMILES string of the molecule is C=CCOC(=O)C1=C(C)NC(=S)C(=C=[N-])C1c1cccnc1. The van der Waals surface area contributed by atoms with Crippen LogP contribution in [0.1, 0.15) is 18.4 Å². The Morgan fingerprint density at radius 2 is 2.45 bits per heavy atom. The smallest absolute Gasteiger partial charge is 0.337 e. The molecule has 1 aromatic heterocycles. The lowest BCUT2D eigenvalue weighted by molar-refractivity contribution is -0.138. The number of esters is 1. The minimum absolute atomic E-state index is 0.0989. The van der Waals surface area contributed by atoms with E-state index in [0.29, 0.717) is 27.4 Å². The second kappa shape index (κ2) is 6.93. The number of thiocarbonyl (C=S) groups is 1. The van der Waals surface area contributed by atoms with Crippen molar-refractivity contribution in [3.8, 4) is 0 Å². The molecular formula is C16H14N3O2S-. The normalized spacial score (nSPS) is 17.6. The number of nitrogens with zero attached hydrogens (tertiary/aromatic N) is 2. The van der Waals surface area contributed by atoms with E-state index in [4.69, 9.17) is 17.0 Å². The van der Waals surface area contributed by atoms with Gasteiger partial charge in [0.25, 0.3) is 0 Å². The van der Waals surface area contributed by atoms with Gasteiger partial charge in [-0.05, 0) is 18.6 Å². The molecule has 0 radical (unpaired) electrons. The van der Waals surface area contributed by atoms with E-state index in [1.165, 1.54) is 6.08 Å². The van der Waals surface area contributed by atoms with Crippen LogP contribution in [0.3, 0.4) is 0 Å². The summed E-state index contributed by atoms with van der Waals surface area (Å²) in [5.41, 5.74) is 1.96. The molecule has 0 bridgehead atoms. The Kier molecular flexibility index (Phi) is 4.99. The van der Waals surface area contributed by atoms with Crippen LogP contribution in [0, 0.1) is 0 Å². The monoisotopic (exact) mass is 312 g/mol. The third-order valence-corrected chi connectivity index (χ3v) is 3.54. The number of pyridine rings is 1. The number of ether oxygens (including phenoxy) is 1. The first-order valence-corrected chi connectivity index (χ1v) is 6.98. The summed E-state index contributed by atoms with van der Waals surface area (Å²) in [5.74, 6) is 1.00. The molecule has 2 heterocycles.